The van der Waals surface area contributed by atoms with Crippen LogP contribution in [0.4, 0.5) is 5.69 Å². The van der Waals surface area contributed by atoms with E-state index in [0.29, 0.717) is 25.4 Å². The van der Waals surface area contributed by atoms with Gasteiger partial charge in [0.1, 0.15) is 28.6 Å². The average Bonchev–Trinajstić information content (AvgIpc) is 2.85. The fourth-order valence-corrected chi connectivity index (χ4v) is 5.49. The molecule has 1 atom stereocenters. The lowest BCUT2D eigenvalue weighted by atomic mass is 10.0. The van der Waals surface area contributed by atoms with Crippen LogP contribution >= 0.6 is 0 Å². The number of rotatable bonds is 3. The highest BCUT2D eigenvalue weighted by atomic mass is 32.2. The van der Waals surface area contributed by atoms with Crippen LogP contribution in [0.2, 0.25) is 0 Å². The third-order valence-corrected chi connectivity index (χ3v) is 7.08. The molecule has 0 amide bonds. The Bertz CT molecular complexity index is 965. The van der Waals surface area contributed by atoms with Crippen LogP contribution in [0.1, 0.15) is 0 Å². The van der Waals surface area contributed by atoms with Crippen molar-refractivity contribution in [1.29, 1.82) is 0 Å². The van der Waals surface area contributed by atoms with Crippen LogP contribution in [0, 0.1) is 0 Å². The Morgan fingerprint density at radius 2 is 1.82 bits per heavy atom. The van der Waals surface area contributed by atoms with Gasteiger partial charge in [-0.2, -0.15) is 4.31 Å². The molecule has 2 aliphatic rings. The molecule has 8 heteroatoms. The number of likely N-dealkylation sites (N-methyl/N-ethyl adjacent to an activating group) is 1. The monoisotopic (exact) mass is 404 g/mol. The van der Waals surface area contributed by atoms with Gasteiger partial charge in [-0.3, -0.25) is 0 Å². The largest absolute Gasteiger partial charge is 0.495 e. The van der Waals surface area contributed by atoms with Crippen LogP contribution in [-0.2, 0) is 14.8 Å². The van der Waals surface area contributed by atoms with Crippen molar-refractivity contribution in [2.45, 2.75) is 10.5 Å². The minimum atomic E-state index is -3.72. The van der Waals surface area contributed by atoms with Crippen molar-refractivity contribution in [2.75, 3.05) is 51.9 Å². The quantitative estimate of drug-likeness (QED) is 0.779. The number of methoxy groups -OCH3 is 1. The molecule has 1 spiro atoms. The van der Waals surface area contributed by atoms with E-state index in [1.807, 2.05) is 31.3 Å². The van der Waals surface area contributed by atoms with Crippen LogP contribution in [-0.4, -0.2) is 65.3 Å². The van der Waals surface area contributed by atoms with Crippen molar-refractivity contribution in [2.24, 2.45) is 0 Å². The van der Waals surface area contributed by atoms with Crippen LogP contribution in [0.15, 0.2) is 53.4 Å². The number of nitrogens with zero attached hydrogens (tertiary/aromatic N) is 2. The summed E-state index contributed by atoms with van der Waals surface area (Å²) in [6.45, 7) is 1.63. The summed E-state index contributed by atoms with van der Waals surface area (Å²) in [5.41, 5.74) is 0.217. The molecule has 4 rings (SSSR count). The third-order valence-electron chi connectivity index (χ3n) is 5.19. The zero-order valence-electron chi connectivity index (χ0n) is 16.0. The molecule has 0 N–H and O–H groups in total. The molecule has 0 saturated carbocycles. The molecule has 150 valence electrons. The van der Waals surface area contributed by atoms with E-state index in [1.54, 1.807) is 24.3 Å². The Labute approximate surface area is 165 Å². The number of morpholine rings is 1. The number of para-hydroxylation sites is 3. The van der Waals surface area contributed by atoms with Gasteiger partial charge in [-0.15, -0.1) is 0 Å². The number of fused-ring (bicyclic) bond motifs is 1. The van der Waals surface area contributed by atoms with E-state index in [1.165, 1.54) is 11.4 Å². The van der Waals surface area contributed by atoms with Crippen molar-refractivity contribution in [3.05, 3.63) is 48.5 Å². The van der Waals surface area contributed by atoms with E-state index in [-0.39, 0.29) is 18.0 Å². The van der Waals surface area contributed by atoms with Crippen LogP contribution in [0.5, 0.6) is 11.5 Å². The molecule has 0 aromatic heterocycles. The number of sulfonamides is 1. The molecule has 2 aromatic rings. The maximum atomic E-state index is 13.3. The summed E-state index contributed by atoms with van der Waals surface area (Å²) in [5, 5.41) is 0. The zero-order chi connectivity index (χ0) is 19.8. The summed E-state index contributed by atoms with van der Waals surface area (Å²) in [7, 11) is -0.285. The summed E-state index contributed by atoms with van der Waals surface area (Å²) in [5.74, 6) is 1.11. The molecule has 0 aliphatic carbocycles. The third kappa shape index (κ3) is 3.32. The van der Waals surface area contributed by atoms with Gasteiger partial charge >= 0.3 is 0 Å². The summed E-state index contributed by atoms with van der Waals surface area (Å²) in [4.78, 5) is 2.22. The van der Waals surface area contributed by atoms with E-state index in [2.05, 4.69) is 4.90 Å². The van der Waals surface area contributed by atoms with Gasteiger partial charge in [0.2, 0.25) is 10.0 Å². The van der Waals surface area contributed by atoms with E-state index in [4.69, 9.17) is 14.2 Å². The highest BCUT2D eigenvalue weighted by molar-refractivity contribution is 7.89. The van der Waals surface area contributed by atoms with Crippen molar-refractivity contribution in [1.82, 2.24) is 4.31 Å². The molecular formula is C20H24N2O5S. The van der Waals surface area contributed by atoms with Gasteiger partial charge in [-0.05, 0) is 24.3 Å². The summed E-state index contributed by atoms with van der Waals surface area (Å²) in [6, 6.07) is 14.5. The standard InChI is InChI=1S/C20H24N2O5S/c1-21-13-20(15-26-17-8-4-3-7-16(17)21)14-22(11-12-27-20)28(23,24)19-10-6-5-9-18(19)25-2/h3-10H,11-15H2,1-2H3. The van der Waals surface area contributed by atoms with Gasteiger partial charge in [0.25, 0.3) is 0 Å². The summed E-state index contributed by atoms with van der Waals surface area (Å²) < 4.78 is 45.5. The number of benzene rings is 2. The molecule has 0 bridgehead atoms. The van der Waals surface area contributed by atoms with E-state index in [0.717, 1.165) is 11.4 Å². The van der Waals surface area contributed by atoms with Crippen LogP contribution in [0.3, 0.4) is 0 Å². The Morgan fingerprint density at radius 3 is 2.64 bits per heavy atom. The molecule has 7 nitrogen and oxygen atoms in total. The Kier molecular flexibility index (Phi) is 4.95. The molecule has 2 heterocycles. The summed E-state index contributed by atoms with van der Waals surface area (Å²) in [6.07, 6.45) is 0. The lowest BCUT2D eigenvalue weighted by Gasteiger charge is -2.42. The van der Waals surface area contributed by atoms with Gasteiger partial charge in [-0.1, -0.05) is 24.3 Å². The fraction of sp³-hybridized carbons (Fsp3) is 0.400. The Hall–Kier alpha value is -2.29. The molecule has 0 radical (unpaired) electrons. The smallest absolute Gasteiger partial charge is 0.246 e. The maximum Gasteiger partial charge on any atom is 0.246 e. The normalized spacial score (nSPS) is 23.0. The molecule has 1 unspecified atom stereocenters. The highest BCUT2D eigenvalue weighted by Gasteiger charge is 2.45. The van der Waals surface area contributed by atoms with Crippen molar-refractivity contribution < 1.29 is 22.6 Å². The number of ether oxygens (including phenoxy) is 3. The number of hydrogen-bond acceptors (Lipinski definition) is 6. The van der Waals surface area contributed by atoms with Gasteiger partial charge in [-0.25, -0.2) is 8.42 Å². The molecule has 1 saturated heterocycles. The van der Waals surface area contributed by atoms with E-state index < -0.39 is 15.6 Å². The average molecular weight is 404 g/mol. The lowest BCUT2D eigenvalue weighted by molar-refractivity contribution is -0.102. The molecular weight excluding hydrogens is 380 g/mol. The van der Waals surface area contributed by atoms with Gasteiger partial charge in [0.05, 0.1) is 25.9 Å². The van der Waals surface area contributed by atoms with Crippen molar-refractivity contribution in [3.8, 4) is 11.5 Å². The predicted octanol–water partition coefficient (Wildman–Crippen LogP) is 1.98. The second kappa shape index (κ2) is 7.27. The molecule has 28 heavy (non-hydrogen) atoms. The van der Waals surface area contributed by atoms with Crippen molar-refractivity contribution in [3.63, 3.8) is 0 Å². The molecule has 2 aromatic carbocycles. The molecule has 1 fully saturated rings. The summed E-state index contributed by atoms with van der Waals surface area (Å²) >= 11 is 0. The first-order valence-corrected chi connectivity index (χ1v) is 10.6. The van der Waals surface area contributed by atoms with E-state index >= 15 is 0 Å². The van der Waals surface area contributed by atoms with E-state index in [9.17, 15) is 8.42 Å². The molecule has 2 aliphatic heterocycles. The second-order valence-corrected chi connectivity index (χ2v) is 9.04. The SMILES string of the molecule is COc1ccccc1S(=O)(=O)N1CCOC2(COc3ccccc3N(C)C2)C1. The predicted molar refractivity (Wildman–Crippen MR) is 106 cm³/mol. The highest BCUT2D eigenvalue weighted by Crippen LogP contribution is 2.36. The Balaban J connectivity index is 1.63. The number of anilines is 1. The second-order valence-electron chi connectivity index (χ2n) is 7.13. The first-order chi connectivity index (χ1) is 13.5. The minimum Gasteiger partial charge on any atom is -0.495 e. The van der Waals surface area contributed by atoms with Gasteiger partial charge in [0, 0.05) is 20.1 Å². The topological polar surface area (TPSA) is 68.3 Å². The Morgan fingerprint density at radius 1 is 1.07 bits per heavy atom. The first kappa shape index (κ1) is 19.0. The van der Waals surface area contributed by atoms with Gasteiger partial charge in [0.15, 0.2) is 0 Å². The minimum absolute atomic E-state index is 0.167. The maximum absolute atomic E-state index is 13.3. The lowest BCUT2D eigenvalue weighted by Crippen LogP contribution is -2.60. The van der Waals surface area contributed by atoms with Gasteiger partial charge < -0.3 is 19.1 Å². The fourth-order valence-electron chi connectivity index (χ4n) is 3.84. The number of hydrogen-bond donors (Lipinski definition) is 0. The van der Waals surface area contributed by atoms with Crippen LogP contribution in [0.25, 0.3) is 0 Å². The first-order valence-electron chi connectivity index (χ1n) is 9.15. The van der Waals surface area contributed by atoms with Crippen molar-refractivity contribution >= 4 is 15.7 Å². The zero-order valence-corrected chi connectivity index (χ0v) is 16.8. The van der Waals surface area contributed by atoms with Crippen LogP contribution < -0.4 is 14.4 Å².